The van der Waals surface area contributed by atoms with Crippen molar-refractivity contribution in [2.45, 2.75) is 31.2 Å². The molecular weight excluding hydrogens is 224 g/mol. The van der Waals surface area contributed by atoms with E-state index in [2.05, 4.69) is 5.10 Å². The van der Waals surface area contributed by atoms with Gasteiger partial charge in [-0.2, -0.15) is 5.10 Å². The van der Waals surface area contributed by atoms with Crippen molar-refractivity contribution in [3.05, 3.63) is 22.0 Å². The number of amides is 1. The lowest BCUT2D eigenvalue weighted by atomic mass is 10.3. The van der Waals surface area contributed by atoms with E-state index in [4.69, 9.17) is 5.73 Å². The number of hydrogen-bond donors (Lipinski definition) is 1. The lowest BCUT2D eigenvalue weighted by Crippen LogP contribution is -2.15. The van der Waals surface area contributed by atoms with E-state index in [0.29, 0.717) is 12.1 Å². The van der Waals surface area contributed by atoms with E-state index in [9.17, 15) is 14.9 Å². The maximum atomic E-state index is 11.0. The molecule has 1 aromatic rings. The first-order valence-electron chi connectivity index (χ1n) is 5.60. The molecule has 2 saturated carbocycles. The number of nitro groups is 1. The number of carbonyl (C=O) groups excluding carboxylic acids is 1. The van der Waals surface area contributed by atoms with Crippen molar-refractivity contribution >= 4 is 11.6 Å². The number of nitrogens with zero attached hydrogens (tertiary/aromatic N) is 3. The quantitative estimate of drug-likeness (QED) is 0.614. The van der Waals surface area contributed by atoms with E-state index >= 15 is 0 Å². The summed E-state index contributed by atoms with van der Waals surface area (Å²) < 4.78 is 1.54. The molecule has 1 amide bonds. The minimum atomic E-state index is -0.404. The molecule has 2 fully saturated rings. The summed E-state index contributed by atoms with van der Waals surface area (Å²) in [5.41, 5.74) is 5.82. The van der Waals surface area contributed by atoms with Crippen LogP contribution in [0.2, 0.25) is 0 Å². The van der Waals surface area contributed by atoms with Crippen LogP contribution in [0, 0.1) is 16.0 Å². The Labute approximate surface area is 96.7 Å². The van der Waals surface area contributed by atoms with Gasteiger partial charge in [-0.1, -0.05) is 0 Å². The number of primary amides is 1. The molecule has 0 aromatic carbocycles. The molecule has 0 spiro atoms. The largest absolute Gasteiger partial charge is 0.369 e. The molecule has 0 aliphatic heterocycles. The Morgan fingerprint density at radius 1 is 1.59 bits per heavy atom. The minimum Gasteiger partial charge on any atom is -0.369 e. The highest BCUT2D eigenvalue weighted by Gasteiger charge is 2.46. The van der Waals surface area contributed by atoms with Gasteiger partial charge in [0.05, 0.1) is 16.9 Å². The van der Waals surface area contributed by atoms with Gasteiger partial charge >= 0.3 is 5.69 Å². The predicted molar refractivity (Wildman–Crippen MR) is 57.2 cm³/mol. The highest BCUT2D eigenvalue weighted by atomic mass is 16.6. The van der Waals surface area contributed by atoms with Crippen molar-refractivity contribution in [3.63, 3.8) is 0 Å². The minimum absolute atomic E-state index is 0.0719. The molecule has 2 N–H and O–H groups in total. The van der Waals surface area contributed by atoms with Gasteiger partial charge in [0, 0.05) is 5.92 Å². The summed E-state index contributed by atoms with van der Waals surface area (Å²) >= 11 is 0. The fraction of sp³-hybridized carbons (Fsp3) is 0.600. The predicted octanol–water partition coefficient (Wildman–Crippen LogP) is 0.715. The van der Waals surface area contributed by atoms with E-state index in [-0.39, 0.29) is 29.5 Å². The van der Waals surface area contributed by atoms with Crippen LogP contribution in [0.1, 0.15) is 36.9 Å². The van der Waals surface area contributed by atoms with E-state index in [0.717, 1.165) is 12.8 Å². The SMILES string of the molecule is NC(=O)[C@@H]1C[C@@H]1n1cc([N+](=O)[O-])c(C2CC2)n1. The van der Waals surface area contributed by atoms with Crippen LogP contribution < -0.4 is 5.73 Å². The van der Waals surface area contributed by atoms with Gasteiger partial charge in [0.1, 0.15) is 11.9 Å². The zero-order valence-corrected chi connectivity index (χ0v) is 9.07. The molecule has 0 saturated heterocycles. The van der Waals surface area contributed by atoms with Gasteiger partial charge < -0.3 is 5.73 Å². The summed E-state index contributed by atoms with van der Waals surface area (Å²) in [4.78, 5) is 21.4. The zero-order chi connectivity index (χ0) is 12.2. The van der Waals surface area contributed by atoms with Crippen molar-refractivity contribution in [1.82, 2.24) is 9.78 Å². The molecule has 0 bridgehead atoms. The Kier molecular flexibility index (Phi) is 1.98. The highest BCUT2D eigenvalue weighted by Crippen LogP contribution is 2.47. The van der Waals surface area contributed by atoms with Crippen LogP contribution in [0.15, 0.2) is 6.20 Å². The molecule has 1 heterocycles. The fourth-order valence-electron chi connectivity index (χ4n) is 2.13. The molecule has 0 radical (unpaired) electrons. The van der Waals surface area contributed by atoms with Gasteiger partial charge in [0.15, 0.2) is 0 Å². The van der Waals surface area contributed by atoms with Crippen LogP contribution in [0.4, 0.5) is 5.69 Å². The van der Waals surface area contributed by atoms with Crippen LogP contribution in [-0.4, -0.2) is 20.6 Å². The van der Waals surface area contributed by atoms with Gasteiger partial charge in [-0.25, -0.2) is 0 Å². The first-order chi connectivity index (χ1) is 8.08. The summed E-state index contributed by atoms with van der Waals surface area (Å²) in [6.45, 7) is 0. The Morgan fingerprint density at radius 3 is 2.76 bits per heavy atom. The van der Waals surface area contributed by atoms with Gasteiger partial charge in [-0.15, -0.1) is 0 Å². The summed E-state index contributed by atoms with van der Waals surface area (Å²) in [6, 6.07) is -0.0845. The van der Waals surface area contributed by atoms with Crippen molar-refractivity contribution in [2.24, 2.45) is 11.7 Å². The summed E-state index contributed by atoms with van der Waals surface area (Å²) in [6.07, 6.45) is 3.99. The number of carbonyl (C=O) groups is 1. The molecule has 90 valence electrons. The van der Waals surface area contributed by atoms with Crippen molar-refractivity contribution in [1.29, 1.82) is 0 Å². The molecular formula is C10H12N4O3. The van der Waals surface area contributed by atoms with E-state index in [1.54, 1.807) is 4.68 Å². The smallest absolute Gasteiger partial charge is 0.310 e. The molecule has 1 aromatic heterocycles. The van der Waals surface area contributed by atoms with Crippen LogP contribution in [-0.2, 0) is 4.79 Å². The second-order valence-electron chi connectivity index (χ2n) is 4.72. The molecule has 2 aliphatic carbocycles. The van der Waals surface area contributed by atoms with E-state index < -0.39 is 4.92 Å². The molecule has 2 atom stereocenters. The molecule has 17 heavy (non-hydrogen) atoms. The van der Waals surface area contributed by atoms with Crippen LogP contribution >= 0.6 is 0 Å². The lowest BCUT2D eigenvalue weighted by Gasteiger charge is -1.96. The number of aromatic nitrogens is 2. The number of hydrogen-bond acceptors (Lipinski definition) is 4. The van der Waals surface area contributed by atoms with Crippen LogP contribution in [0.5, 0.6) is 0 Å². The average Bonchev–Trinajstić information content (AvgIpc) is 3.15. The van der Waals surface area contributed by atoms with Crippen LogP contribution in [0.3, 0.4) is 0 Å². The Morgan fingerprint density at radius 2 is 2.29 bits per heavy atom. The van der Waals surface area contributed by atoms with Crippen molar-refractivity contribution in [2.75, 3.05) is 0 Å². The topological polar surface area (TPSA) is 104 Å². The van der Waals surface area contributed by atoms with Crippen molar-refractivity contribution in [3.8, 4) is 0 Å². The Balaban J connectivity index is 1.89. The number of rotatable bonds is 4. The normalized spacial score (nSPS) is 26.8. The maximum Gasteiger partial charge on any atom is 0.310 e. The van der Waals surface area contributed by atoms with Crippen LogP contribution in [0.25, 0.3) is 0 Å². The van der Waals surface area contributed by atoms with E-state index in [1.165, 1.54) is 6.20 Å². The summed E-state index contributed by atoms with van der Waals surface area (Å²) in [5, 5.41) is 15.1. The second kappa shape index (κ2) is 3.28. The van der Waals surface area contributed by atoms with Gasteiger partial charge in [0.2, 0.25) is 5.91 Å². The fourth-order valence-corrected chi connectivity index (χ4v) is 2.13. The average molecular weight is 236 g/mol. The van der Waals surface area contributed by atoms with Gasteiger partial charge in [0.25, 0.3) is 0 Å². The van der Waals surface area contributed by atoms with Gasteiger partial charge in [-0.3, -0.25) is 19.6 Å². The maximum absolute atomic E-state index is 11.0. The zero-order valence-electron chi connectivity index (χ0n) is 9.07. The second-order valence-corrected chi connectivity index (χ2v) is 4.72. The summed E-state index contributed by atoms with van der Waals surface area (Å²) in [7, 11) is 0. The Bertz CT molecular complexity index is 506. The first-order valence-corrected chi connectivity index (χ1v) is 5.60. The third-order valence-electron chi connectivity index (χ3n) is 3.36. The molecule has 2 aliphatic rings. The summed E-state index contributed by atoms with van der Waals surface area (Å²) in [5.74, 6) is -0.356. The standard InChI is InChI=1S/C10H12N4O3/c11-10(15)6-3-7(6)13-4-8(14(16)17)9(12-13)5-1-2-5/h4-7H,1-3H2,(H2,11,15)/t6-,7+/m1/s1. The number of nitrogens with two attached hydrogens (primary N) is 1. The lowest BCUT2D eigenvalue weighted by molar-refractivity contribution is -0.385. The molecule has 3 rings (SSSR count). The third kappa shape index (κ3) is 1.67. The highest BCUT2D eigenvalue weighted by molar-refractivity contribution is 5.80. The third-order valence-corrected chi connectivity index (χ3v) is 3.36. The Hall–Kier alpha value is -1.92. The van der Waals surface area contributed by atoms with E-state index in [1.807, 2.05) is 0 Å². The first kappa shape index (κ1) is 10.2. The van der Waals surface area contributed by atoms with Gasteiger partial charge in [-0.05, 0) is 19.3 Å². The molecule has 7 heteroatoms. The molecule has 0 unspecified atom stereocenters. The van der Waals surface area contributed by atoms with Crippen molar-refractivity contribution < 1.29 is 9.72 Å². The molecule has 7 nitrogen and oxygen atoms in total. The monoisotopic (exact) mass is 236 g/mol.